The van der Waals surface area contributed by atoms with E-state index >= 15 is 0 Å². The molecule has 1 aromatic heterocycles. The molecule has 0 aliphatic carbocycles. The maximum Gasteiger partial charge on any atom is 0.0380 e. The first-order valence-electron chi connectivity index (χ1n) is 5.61. The van der Waals surface area contributed by atoms with Crippen LogP contribution in [0.15, 0.2) is 29.6 Å². The van der Waals surface area contributed by atoms with Crippen molar-refractivity contribution in [3.63, 3.8) is 0 Å². The van der Waals surface area contributed by atoms with Crippen molar-refractivity contribution < 1.29 is 0 Å². The van der Waals surface area contributed by atoms with E-state index in [2.05, 4.69) is 66.3 Å². The molecule has 0 saturated carbocycles. The smallest absolute Gasteiger partial charge is 0.0380 e. The van der Waals surface area contributed by atoms with Gasteiger partial charge < -0.3 is 0 Å². The Bertz CT molecular complexity index is 482. The summed E-state index contributed by atoms with van der Waals surface area (Å²) in [4.78, 5) is 0.553. The summed E-state index contributed by atoms with van der Waals surface area (Å²) in [7, 11) is 0. The molecule has 0 N–H and O–H groups in total. The van der Waals surface area contributed by atoms with Crippen molar-refractivity contribution >= 4 is 37.4 Å². The lowest BCUT2D eigenvalue weighted by atomic mass is 9.80. The second kappa shape index (κ2) is 4.50. The lowest BCUT2D eigenvalue weighted by molar-refractivity contribution is 0.487. The minimum absolute atomic E-state index is 0.229. The van der Waals surface area contributed by atoms with Crippen LogP contribution in [0.5, 0.6) is 0 Å². The quantitative estimate of drug-likeness (QED) is 0.670. The van der Waals surface area contributed by atoms with Crippen molar-refractivity contribution in [1.29, 1.82) is 0 Å². The van der Waals surface area contributed by atoms with Gasteiger partial charge >= 0.3 is 0 Å². The number of halogens is 1. The molecular formula is C14H17BrS. The molecule has 0 aliphatic rings. The van der Waals surface area contributed by atoms with Gasteiger partial charge in [-0.25, -0.2) is 0 Å². The van der Waals surface area contributed by atoms with Crippen molar-refractivity contribution in [2.45, 2.75) is 37.4 Å². The van der Waals surface area contributed by atoms with Gasteiger partial charge in [-0.05, 0) is 34.2 Å². The molecule has 0 aliphatic heterocycles. The molecule has 16 heavy (non-hydrogen) atoms. The van der Waals surface area contributed by atoms with Gasteiger partial charge in [0.25, 0.3) is 0 Å². The summed E-state index contributed by atoms with van der Waals surface area (Å²) in [5.41, 5.74) is 1.71. The Morgan fingerprint density at radius 3 is 2.75 bits per heavy atom. The van der Waals surface area contributed by atoms with Crippen molar-refractivity contribution in [2.75, 3.05) is 0 Å². The molecule has 1 unspecified atom stereocenters. The van der Waals surface area contributed by atoms with Crippen LogP contribution < -0.4 is 0 Å². The first kappa shape index (κ1) is 12.1. The summed E-state index contributed by atoms with van der Waals surface area (Å²) < 4.78 is 1.45. The van der Waals surface area contributed by atoms with Crippen molar-refractivity contribution in [1.82, 2.24) is 0 Å². The van der Waals surface area contributed by atoms with E-state index < -0.39 is 0 Å². The van der Waals surface area contributed by atoms with Crippen LogP contribution in [0.3, 0.4) is 0 Å². The fourth-order valence-electron chi connectivity index (χ4n) is 2.34. The molecular weight excluding hydrogens is 280 g/mol. The van der Waals surface area contributed by atoms with E-state index in [4.69, 9.17) is 0 Å². The third-order valence-corrected chi connectivity index (χ3v) is 4.29. The molecule has 0 bridgehead atoms. The molecule has 0 spiro atoms. The van der Waals surface area contributed by atoms with E-state index in [1.165, 1.54) is 15.6 Å². The van der Waals surface area contributed by atoms with Gasteiger partial charge in [-0.3, -0.25) is 0 Å². The molecule has 0 amide bonds. The van der Waals surface area contributed by atoms with Gasteiger partial charge in [0.05, 0.1) is 0 Å². The van der Waals surface area contributed by atoms with Crippen molar-refractivity contribution in [3.8, 4) is 0 Å². The first-order chi connectivity index (χ1) is 7.50. The fraction of sp³-hybridized carbons (Fsp3) is 0.429. The average Bonchev–Trinajstić information content (AvgIpc) is 2.62. The normalized spacial score (nSPS) is 14.2. The van der Waals surface area contributed by atoms with Gasteiger partial charge in [0.2, 0.25) is 0 Å². The van der Waals surface area contributed by atoms with Crippen molar-refractivity contribution in [3.05, 3.63) is 35.2 Å². The van der Waals surface area contributed by atoms with E-state index in [9.17, 15) is 0 Å². The second-order valence-electron chi connectivity index (χ2n) is 5.01. The van der Waals surface area contributed by atoms with Gasteiger partial charge in [-0.15, -0.1) is 11.3 Å². The third-order valence-electron chi connectivity index (χ3n) is 3.00. The number of fused-ring (bicyclic) bond motifs is 1. The zero-order chi connectivity index (χ0) is 11.8. The van der Waals surface area contributed by atoms with Gasteiger partial charge in [-0.1, -0.05) is 54.9 Å². The van der Waals surface area contributed by atoms with E-state index in [0.717, 1.165) is 6.42 Å². The highest BCUT2D eigenvalue weighted by atomic mass is 79.9. The lowest BCUT2D eigenvalue weighted by Crippen LogP contribution is -2.20. The van der Waals surface area contributed by atoms with Crippen LogP contribution in [0.4, 0.5) is 0 Å². The minimum atomic E-state index is 0.229. The highest BCUT2D eigenvalue weighted by molar-refractivity contribution is 9.09. The molecule has 1 heterocycles. The van der Waals surface area contributed by atoms with Crippen LogP contribution in [0.1, 0.15) is 32.8 Å². The Kier molecular flexibility index (Phi) is 3.41. The predicted octanol–water partition coefficient (Wildman–Crippen LogP) is 5.35. The zero-order valence-corrected chi connectivity index (χ0v) is 12.4. The van der Waals surface area contributed by atoms with Crippen LogP contribution in [-0.2, 0) is 5.41 Å². The Hall–Kier alpha value is -0.340. The predicted molar refractivity (Wildman–Crippen MR) is 77.9 cm³/mol. The Labute approximate surface area is 110 Å². The number of thiophene rings is 1. The number of hydrogen-bond donors (Lipinski definition) is 0. The summed E-state index contributed by atoms with van der Waals surface area (Å²) in [6, 6.07) is 8.85. The maximum atomic E-state index is 3.67. The van der Waals surface area contributed by atoms with Gasteiger partial charge in [-0.2, -0.15) is 0 Å². The van der Waals surface area contributed by atoms with E-state index in [1.54, 1.807) is 0 Å². The molecule has 86 valence electrons. The van der Waals surface area contributed by atoms with Gasteiger partial charge in [0.15, 0.2) is 0 Å². The molecule has 1 aromatic carbocycles. The average molecular weight is 297 g/mol. The van der Waals surface area contributed by atoms with E-state index in [-0.39, 0.29) is 5.41 Å². The van der Waals surface area contributed by atoms with E-state index in [1.807, 2.05) is 11.3 Å². The fourth-order valence-corrected chi connectivity index (χ4v) is 4.24. The Morgan fingerprint density at radius 2 is 2.06 bits per heavy atom. The molecule has 0 fully saturated rings. The summed E-state index contributed by atoms with van der Waals surface area (Å²) in [5.74, 6) is 0. The summed E-state index contributed by atoms with van der Waals surface area (Å²) in [6.07, 6.45) is 1.16. The molecule has 1 atom stereocenters. The molecule has 0 saturated heterocycles. The molecule has 0 radical (unpaired) electrons. The zero-order valence-electron chi connectivity index (χ0n) is 9.96. The number of alkyl halides is 1. The molecule has 2 aromatic rings. The molecule has 2 heteroatoms. The highest BCUT2D eigenvalue weighted by Crippen LogP contribution is 2.37. The first-order valence-corrected chi connectivity index (χ1v) is 7.41. The molecule has 0 nitrogen and oxygen atoms in total. The Morgan fingerprint density at radius 1 is 1.31 bits per heavy atom. The van der Waals surface area contributed by atoms with Crippen LogP contribution in [0.2, 0.25) is 0 Å². The monoisotopic (exact) mass is 296 g/mol. The molecule has 2 rings (SSSR count). The van der Waals surface area contributed by atoms with Crippen LogP contribution >= 0.6 is 27.3 Å². The number of hydrogen-bond acceptors (Lipinski definition) is 1. The summed E-state index contributed by atoms with van der Waals surface area (Å²) in [6.45, 7) is 6.88. The third kappa shape index (κ3) is 2.33. The number of rotatable bonds is 3. The van der Waals surface area contributed by atoms with Gasteiger partial charge in [0.1, 0.15) is 0 Å². The lowest BCUT2D eigenvalue weighted by Gasteiger charge is -2.27. The minimum Gasteiger partial charge on any atom is -0.144 e. The SMILES string of the molecule is CC(Br)CC(C)(C)c1cccc2ccsc12. The topological polar surface area (TPSA) is 0 Å². The highest BCUT2D eigenvalue weighted by Gasteiger charge is 2.24. The maximum absolute atomic E-state index is 3.67. The second-order valence-corrected chi connectivity index (χ2v) is 7.49. The van der Waals surface area contributed by atoms with Crippen LogP contribution in [-0.4, -0.2) is 4.83 Å². The van der Waals surface area contributed by atoms with E-state index in [0.29, 0.717) is 4.83 Å². The summed E-state index contributed by atoms with van der Waals surface area (Å²) >= 11 is 5.52. The van der Waals surface area contributed by atoms with Crippen molar-refractivity contribution in [2.24, 2.45) is 0 Å². The standard InChI is InChI=1S/C14H17BrS/c1-10(15)9-14(2,3)12-6-4-5-11-7-8-16-13(11)12/h4-8,10H,9H2,1-3H3. The number of benzene rings is 1. The largest absolute Gasteiger partial charge is 0.144 e. The van der Waals surface area contributed by atoms with Gasteiger partial charge in [0, 0.05) is 9.53 Å². The van der Waals surface area contributed by atoms with Crippen LogP contribution in [0, 0.1) is 0 Å². The van der Waals surface area contributed by atoms with Crippen LogP contribution in [0.25, 0.3) is 10.1 Å². The summed E-state index contributed by atoms with van der Waals surface area (Å²) in [5, 5.41) is 3.56. The Balaban J connectivity index is 2.49.